The lowest BCUT2D eigenvalue weighted by Gasteiger charge is -2.32. The van der Waals surface area contributed by atoms with Crippen LogP contribution >= 0.6 is 11.8 Å². The number of aliphatic carboxylic acids is 1. The molecule has 1 aromatic rings. The Morgan fingerprint density at radius 3 is 3.12 bits per heavy atom. The Balaban J connectivity index is 1.89. The van der Waals surface area contributed by atoms with E-state index in [1.54, 1.807) is 18.0 Å². The van der Waals surface area contributed by atoms with Crippen LogP contribution in [0.1, 0.15) is 0 Å². The average Bonchev–Trinajstić information content (AvgIpc) is 2.79. The molecule has 0 aromatic carbocycles. The number of hydrogen-bond donors (Lipinski definition) is 1. The second kappa shape index (κ2) is 5.36. The highest BCUT2D eigenvalue weighted by molar-refractivity contribution is 7.99. The number of aromatic nitrogens is 2. The van der Waals surface area contributed by atoms with Crippen molar-refractivity contribution in [3.8, 4) is 0 Å². The van der Waals surface area contributed by atoms with Gasteiger partial charge in [-0.2, -0.15) is 16.9 Å². The minimum Gasteiger partial charge on any atom is -0.480 e. The van der Waals surface area contributed by atoms with Crippen molar-refractivity contribution < 1.29 is 9.90 Å². The molecule has 1 fully saturated rings. The monoisotopic (exact) mass is 241 g/mol. The number of thioether (sulfide) groups is 1. The maximum atomic E-state index is 11.0. The lowest BCUT2D eigenvalue weighted by atomic mass is 10.2. The molecule has 0 radical (unpaired) electrons. The van der Waals surface area contributed by atoms with E-state index in [1.165, 1.54) is 0 Å². The van der Waals surface area contributed by atoms with E-state index < -0.39 is 5.97 Å². The molecule has 1 saturated heterocycles. The minimum atomic E-state index is -0.715. The predicted molar refractivity (Wildman–Crippen MR) is 62.5 cm³/mol. The number of nitrogens with zero attached hydrogens (tertiary/aromatic N) is 3. The first-order valence-electron chi connectivity index (χ1n) is 5.29. The van der Waals surface area contributed by atoms with Crippen molar-refractivity contribution in [2.45, 2.75) is 12.6 Å². The zero-order valence-corrected chi connectivity index (χ0v) is 9.77. The van der Waals surface area contributed by atoms with E-state index in [9.17, 15) is 4.79 Å². The van der Waals surface area contributed by atoms with E-state index in [-0.39, 0.29) is 6.04 Å². The summed E-state index contributed by atoms with van der Waals surface area (Å²) in [6, 6.07) is 1.54. The fourth-order valence-electron chi connectivity index (χ4n) is 1.80. The topological polar surface area (TPSA) is 58.4 Å². The third-order valence-corrected chi connectivity index (χ3v) is 3.72. The lowest BCUT2D eigenvalue weighted by Crippen LogP contribution is -2.48. The minimum absolute atomic E-state index is 0.339. The largest absolute Gasteiger partial charge is 0.480 e. The molecule has 1 N–H and O–H groups in total. The normalized spacial score (nSPS) is 22.1. The summed E-state index contributed by atoms with van der Waals surface area (Å²) >= 11 is 1.71. The molecule has 2 heterocycles. The second-order valence-electron chi connectivity index (χ2n) is 3.73. The van der Waals surface area contributed by atoms with Crippen molar-refractivity contribution in [2.24, 2.45) is 0 Å². The molecule has 2 rings (SSSR count). The van der Waals surface area contributed by atoms with Gasteiger partial charge in [-0.15, -0.1) is 0 Å². The summed E-state index contributed by atoms with van der Waals surface area (Å²) < 4.78 is 1.83. The summed E-state index contributed by atoms with van der Waals surface area (Å²) in [5.74, 6) is 0.991. The van der Waals surface area contributed by atoms with Crippen molar-refractivity contribution in [1.29, 1.82) is 0 Å². The molecule has 5 nitrogen and oxygen atoms in total. The van der Waals surface area contributed by atoms with Gasteiger partial charge in [0, 0.05) is 37.0 Å². The van der Waals surface area contributed by atoms with Gasteiger partial charge in [-0.3, -0.25) is 14.4 Å². The molecule has 0 bridgehead atoms. The zero-order valence-electron chi connectivity index (χ0n) is 8.95. The van der Waals surface area contributed by atoms with Crippen molar-refractivity contribution in [3.63, 3.8) is 0 Å². The Labute approximate surface area is 98.4 Å². The van der Waals surface area contributed by atoms with Crippen LogP contribution in [-0.2, 0) is 11.3 Å². The molecule has 16 heavy (non-hydrogen) atoms. The van der Waals surface area contributed by atoms with Gasteiger partial charge in [0.2, 0.25) is 0 Å². The molecule has 1 aromatic heterocycles. The summed E-state index contributed by atoms with van der Waals surface area (Å²) in [6.45, 7) is 2.35. The Morgan fingerprint density at radius 1 is 1.56 bits per heavy atom. The first-order valence-corrected chi connectivity index (χ1v) is 6.45. The molecule has 0 aliphatic carbocycles. The molecular weight excluding hydrogens is 226 g/mol. The van der Waals surface area contributed by atoms with E-state index in [2.05, 4.69) is 5.10 Å². The maximum Gasteiger partial charge on any atom is 0.321 e. The molecule has 6 heteroatoms. The molecule has 0 saturated carbocycles. The van der Waals surface area contributed by atoms with Crippen LogP contribution in [0.5, 0.6) is 0 Å². The van der Waals surface area contributed by atoms with Crippen molar-refractivity contribution in [3.05, 3.63) is 18.5 Å². The van der Waals surface area contributed by atoms with Crippen LogP contribution in [-0.4, -0.2) is 56.4 Å². The standard InChI is InChI=1S/C10H15N3O2S/c14-10(15)9-8-16-7-6-12(9)4-5-13-3-1-2-11-13/h1-3,9H,4-8H2,(H,14,15). The third kappa shape index (κ3) is 2.76. The van der Waals surface area contributed by atoms with Crippen molar-refractivity contribution in [1.82, 2.24) is 14.7 Å². The number of hydrogen-bond acceptors (Lipinski definition) is 4. The van der Waals surface area contributed by atoms with Crippen LogP contribution in [0.2, 0.25) is 0 Å². The van der Waals surface area contributed by atoms with Crippen LogP contribution in [0.4, 0.5) is 0 Å². The van der Waals surface area contributed by atoms with Gasteiger partial charge in [0.1, 0.15) is 6.04 Å². The predicted octanol–water partition coefficient (Wildman–Crippen LogP) is 0.385. The molecule has 1 aliphatic heterocycles. The van der Waals surface area contributed by atoms with Gasteiger partial charge in [-0.25, -0.2) is 0 Å². The fraction of sp³-hybridized carbons (Fsp3) is 0.600. The van der Waals surface area contributed by atoms with Crippen LogP contribution in [0, 0.1) is 0 Å². The highest BCUT2D eigenvalue weighted by Crippen LogP contribution is 2.16. The summed E-state index contributed by atoms with van der Waals surface area (Å²) in [5.41, 5.74) is 0. The van der Waals surface area contributed by atoms with Crippen LogP contribution < -0.4 is 0 Å². The summed E-state index contributed by atoms with van der Waals surface area (Å²) in [5, 5.41) is 13.2. The Hall–Kier alpha value is -1.01. The van der Waals surface area contributed by atoms with Crippen molar-refractivity contribution in [2.75, 3.05) is 24.6 Å². The van der Waals surface area contributed by atoms with E-state index >= 15 is 0 Å². The molecule has 88 valence electrons. The van der Waals surface area contributed by atoms with Crippen LogP contribution in [0.25, 0.3) is 0 Å². The highest BCUT2D eigenvalue weighted by atomic mass is 32.2. The Kier molecular flexibility index (Phi) is 3.84. The SMILES string of the molecule is O=C(O)C1CSCCN1CCn1cccn1. The Morgan fingerprint density at radius 2 is 2.44 bits per heavy atom. The molecule has 1 aliphatic rings. The van der Waals surface area contributed by atoms with Crippen molar-refractivity contribution >= 4 is 17.7 Å². The van der Waals surface area contributed by atoms with Gasteiger partial charge in [0.05, 0.1) is 6.54 Å². The zero-order chi connectivity index (χ0) is 11.4. The molecule has 0 spiro atoms. The fourth-order valence-corrected chi connectivity index (χ4v) is 2.90. The first-order chi connectivity index (χ1) is 7.77. The second-order valence-corrected chi connectivity index (χ2v) is 4.88. The molecule has 1 atom stereocenters. The van der Waals surface area contributed by atoms with Gasteiger partial charge in [0.15, 0.2) is 0 Å². The Bertz CT molecular complexity index is 342. The molecular formula is C10H15N3O2S. The van der Waals surface area contributed by atoms with E-state index in [0.29, 0.717) is 5.75 Å². The molecule has 0 amide bonds. The van der Waals surface area contributed by atoms with Gasteiger partial charge in [-0.05, 0) is 6.07 Å². The van der Waals surface area contributed by atoms with Gasteiger partial charge < -0.3 is 5.11 Å². The number of carbonyl (C=O) groups is 1. The van der Waals surface area contributed by atoms with Gasteiger partial charge in [-0.1, -0.05) is 0 Å². The van der Waals surface area contributed by atoms with E-state index in [1.807, 2.05) is 21.8 Å². The third-order valence-electron chi connectivity index (χ3n) is 2.70. The number of rotatable bonds is 4. The quantitative estimate of drug-likeness (QED) is 0.826. The number of carboxylic acid groups (broad SMARTS) is 1. The van der Waals surface area contributed by atoms with Gasteiger partial charge >= 0.3 is 5.97 Å². The van der Waals surface area contributed by atoms with Gasteiger partial charge in [0.25, 0.3) is 0 Å². The highest BCUT2D eigenvalue weighted by Gasteiger charge is 2.28. The summed E-state index contributed by atoms with van der Waals surface area (Å²) in [6.07, 6.45) is 3.63. The number of carboxylic acids is 1. The van der Waals surface area contributed by atoms with E-state index in [4.69, 9.17) is 5.11 Å². The first kappa shape index (κ1) is 11.5. The smallest absolute Gasteiger partial charge is 0.321 e. The molecule has 1 unspecified atom stereocenters. The van der Waals surface area contributed by atoms with Crippen LogP contribution in [0.15, 0.2) is 18.5 Å². The van der Waals surface area contributed by atoms with Crippen LogP contribution in [0.3, 0.4) is 0 Å². The maximum absolute atomic E-state index is 11.0. The summed E-state index contributed by atoms with van der Waals surface area (Å²) in [4.78, 5) is 13.1. The lowest BCUT2D eigenvalue weighted by molar-refractivity contribution is -0.142. The summed E-state index contributed by atoms with van der Waals surface area (Å²) in [7, 11) is 0. The average molecular weight is 241 g/mol. The van der Waals surface area contributed by atoms with E-state index in [0.717, 1.165) is 25.4 Å².